The van der Waals surface area contributed by atoms with Crippen molar-refractivity contribution in [3.05, 3.63) is 34.9 Å². The number of ether oxygens (including phenoxy) is 1. The van der Waals surface area contributed by atoms with Gasteiger partial charge in [-0.05, 0) is 38.0 Å². The SMILES string of the molecule is CCOc1nc2c(C)ccc(C)c2cc1C#N. The standard InChI is InChI=1S/C14H14N2O/c1-4-17-14-11(8-15)7-12-9(2)5-6-10(3)13(12)16-14/h5-7H,4H2,1-3H3. The first kappa shape index (κ1) is 11.4. The quantitative estimate of drug-likeness (QED) is 0.790. The van der Waals surface area contributed by atoms with Gasteiger partial charge in [0.05, 0.1) is 12.1 Å². The Hall–Kier alpha value is -2.08. The lowest BCUT2D eigenvalue weighted by atomic mass is 10.0. The Labute approximate surface area is 101 Å². The van der Waals surface area contributed by atoms with Gasteiger partial charge in [0.2, 0.25) is 5.88 Å². The number of aromatic nitrogens is 1. The van der Waals surface area contributed by atoms with Crippen LogP contribution in [0.5, 0.6) is 5.88 Å². The molecular weight excluding hydrogens is 212 g/mol. The molecule has 2 rings (SSSR count). The van der Waals surface area contributed by atoms with E-state index in [1.54, 1.807) is 0 Å². The zero-order chi connectivity index (χ0) is 12.4. The van der Waals surface area contributed by atoms with E-state index in [9.17, 15) is 0 Å². The Bertz CT molecular complexity index is 612. The van der Waals surface area contributed by atoms with Crippen LogP contribution in [0.4, 0.5) is 0 Å². The molecule has 0 radical (unpaired) electrons. The maximum absolute atomic E-state index is 9.09. The number of nitrogens with zero attached hydrogens (tertiary/aromatic N) is 2. The van der Waals surface area contributed by atoms with Crippen LogP contribution >= 0.6 is 0 Å². The Kier molecular flexibility index (Phi) is 2.97. The van der Waals surface area contributed by atoms with Crippen molar-refractivity contribution < 1.29 is 4.74 Å². The maximum atomic E-state index is 9.09. The minimum absolute atomic E-state index is 0.427. The van der Waals surface area contributed by atoms with Gasteiger partial charge in [-0.15, -0.1) is 0 Å². The molecular formula is C14H14N2O. The molecule has 0 bridgehead atoms. The Morgan fingerprint density at radius 2 is 2.00 bits per heavy atom. The van der Waals surface area contributed by atoms with E-state index in [1.807, 2.05) is 39.0 Å². The van der Waals surface area contributed by atoms with E-state index >= 15 is 0 Å². The lowest BCUT2D eigenvalue weighted by molar-refractivity contribution is 0.327. The third-order valence-electron chi connectivity index (χ3n) is 2.77. The van der Waals surface area contributed by atoms with E-state index in [4.69, 9.17) is 10.00 Å². The number of pyridine rings is 1. The second-order valence-electron chi connectivity index (χ2n) is 3.98. The largest absolute Gasteiger partial charge is 0.477 e. The summed E-state index contributed by atoms with van der Waals surface area (Å²) in [6.07, 6.45) is 0. The molecule has 0 amide bonds. The normalized spacial score (nSPS) is 10.2. The lowest BCUT2D eigenvalue weighted by Gasteiger charge is -2.09. The van der Waals surface area contributed by atoms with Gasteiger partial charge in [-0.3, -0.25) is 0 Å². The van der Waals surface area contributed by atoms with E-state index in [2.05, 4.69) is 11.1 Å². The molecule has 0 atom stereocenters. The summed E-state index contributed by atoms with van der Waals surface area (Å²) in [6.45, 7) is 6.43. The monoisotopic (exact) mass is 226 g/mol. The van der Waals surface area contributed by atoms with Crippen molar-refractivity contribution in [3.63, 3.8) is 0 Å². The second-order valence-corrected chi connectivity index (χ2v) is 3.98. The van der Waals surface area contributed by atoms with Gasteiger partial charge in [-0.2, -0.15) is 5.26 Å². The Morgan fingerprint density at radius 1 is 1.29 bits per heavy atom. The summed E-state index contributed by atoms with van der Waals surface area (Å²) in [4.78, 5) is 4.45. The van der Waals surface area contributed by atoms with Gasteiger partial charge in [-0.25, -0.2) is 4.98 Å². The molecule has 0 N–H and O–H groups in total. The first-order valence-electron chi connectivity index (χ1n) is 5.61. The highest BCUT2D eigenvalue weighted by Gasteiger charge is 2.10. The molecule has 0 spiro atoms. The smallest absolute Gasteiger partial charge is 0.232 e. The minimum Gasteiger partial charge on any atom is -0.477 e. The van der Waals surface area contributed by atoms with Gasteiger partial charge >= 0.3 is 0 Å². The van der Waals surface area contributed by atoms with Crippen LogP contribution in [-0.4, -0.2) is 11.6 Å². The van der Waals surface area contributed by atoms with Gasteiger partial charge < -0.3 is 4.74 Å². The summed E-state index contributed by atoms with van der Waals surface area (Å²) in [5.41, 5.74) is 3.62. The molecule has 0 aliphatic heterocycles. The van der Waals surface area contributed by atoms with Crippen LogP contribution in [0.2, 0.25) is 0 Å². The van der Waals surface area contributed by atoms with Crippen molar-refractivity contribution in [1.29, 1.82) is 5.26 Å². The molecule has 1 heterocycles. The molecule has 2 aromatic rings. The molecule has 3 heteroatoms. The average molecular weight is 226 g/mol. The van der Waals surface area contributed by atoms with Crippen LogP contribution in [0.15, 0.2) is 18.2 Å². The molecule has 17 heavy (non-hydrogen) atoms. The van der Waals surface area contributed by atoms with E-state index in [1.165, 1.54) is 0 Å². The molecule has 0 saturated heterocycles. The molecule has 0 saturated carbocycles. The van der Waals surface area contributed by atoms with E-state index in [0.29, 0.717) is 18.1 Å². The molecule has 3 nitrogen and oxygen atoms in total. The molecule has 1 aromatic heterocycles. The van der Waals surface area contributed by atoms with Crippen LogP contribution in [0.1, 0.15) is 23.6 Å². The van der Waals surface area contributed by atoms with Crippen molar-refractivity contribution in [2.75, 3.05) is 6.61 Å². The van der Waals surface area contributed by atoms with E-state index in [-0.39, 0.29) is 0 Å². The molecule has 1 aromatic carbocycles. The van der Waals surface area contributed by atoms with Crippen LogP contribution in [0.25, 0.3) is 10.9 Å². The van der Waals surface area contributed by atoms with Crippen molar-refractivity contribution >= 4 is 10.9 Å². The van der Waals surface area contributed by atoms with Crippen LogP contribution in [0, 0.1) is 25.2 Å². The first-order chi connectivity index (χ1) is 8.17. The number of hydrogen-bond acceptors (Lipinski definition) is 3. The highest BCUT2D eigenvalue weighted by molar-refractivity contribution is 5.86. The average Bonchev–Trinajstić information content (AvgIpc) is 2.34. The summed E-state index contributed by atoms with van der Waals surface area (Å²) < 4.78 is 5.40. The fourth-order valence-corrected chi connectivity index (χ4v) is 1.84. The van der Waals surface area contributed by atoms with Crippen LogP contribution in [0.3, 0.4) is 0 Å². The first-order valence-corrected chi connectivity index (χ1v) is 5.61. The van der Waals surface area contributed by atoms with Crippen molar-refractivity contribution in [3.8, 4) is 11.9 Å². The van der Waals surface area contributed by atoms with Gasteiger partial charge in [0.15, 0.2) is 0 Å². The minimum atomic E-state index is 0.427. The summed E-state index contributed by atoms with van der Waals surface area (Å²) in [5, 5.41) is 10.1. The summed E-state index contributed by atoms with van der Waals surface area (Å²) in [7, 11) is 0. The molecule has 86 valence electrons. The number of fused-ring (bicyclic) bond motifs is 1. The molecule has 0 aliphatic rings. The Morgan fingerprint density at radius 3 is 2.65 bits per heavy atom. The van der Waals surface area contributed by atoms with Crippen molar-refractivity contribution in [2.45, 2.75) is 20.8 Å². The van der Waals surface area contributed by atoms with Gasteiger partial charge in [-0.1, -0.05) is 12.1 Å². The molecule has 0 unspecified atom stereocenters. The second kappa shape index (κ2) is 4.42. The maximum Gasteiger partial charge on any atom is 0.232 e. The number of benzene rings is 1. The van der Waals surface area contributed by atoms with Gasteiger partial charge in [0.1, 0.15) is 11.6 Å². The topological polar surface area (TPSA) is 45.9 Å². The van der Waals surface area contributed by atoms with Gasteiger partial charge in [0.25, 0.3) is 0 Å². The fraction of sp³-hybridized carbons (Fsp3) is 0.286. The summed E-state index contributed by atoms with van der Waals surface area (Å²) in [5.74, 6) is 0.427. The molecule has 0 aliphatic carbocycles. The van der Waals surface area contributed by atoms with E-state index < -0.39 is 0 Å². The van der Waals surface area contributed by atoms with Crippen LogP contribution in [-0.2, 0) is 0 Å². The van der Waals surface area contributed by atoms with E-state index in [0.717, 1.165) is 22.0 Å². The summed E-state index contributed by atoms with van der Waals surface area (Å²) >= 11 is 0. The number of aryl methyl sites for hydroxylation is 2. The predicted octanol–water partition coefficient (Wildman–Crippen LogP) is 3.12. The number of rotatable bonds is 2. The fourth-order valence-electron chi connectivity index (χ4n) is 1.84. The number of hydrogen-bond donors (Lipinski definition) is 0. The Balaban J connectivity index is 2.79. The number of nitriles is 1. The predicted molar refractivity (Wildman–Crippen MR) is 67.1 cm³/mol. The highest BCUT2D eigenvalue weighted by atomic mass is 16.5. The zero-order valence-corrected chi connectivity index (χ0v) is 10.2. The van der Waals surface area contributed by atoms with Gasteiger partial charge in [0, 0.05) is 5.39 Å². The lowest BCUT2D eigenvalue weighted by Crippen LogP contribution is -1.99. The highest BCUT2D eigenvalue weighted by Crippen LogP contribution is 2.26. The molecule has 0 fully saturated rings. The third kappa shape index (κ3) is 1.94. The van der Waals surface area contributed by atoms with Crippen molar-refractivity contribution in [2.24, 2.45) is 0 Å². The van der Waals surface area contributed by atoms with Crippen molar-refractivity contribution in [1.82, 2.24) is 4.98 Å². The summed E-state index contributed by atoms with van der Waals surface area (Å²) in [6, 6.07) is 8.07. The van der Waals surface area contributed by atoms with Crippen LogP contribution < -0.4 is 4.74 Å². The zero-order valence-electron chi connectivity index (χ0n) is 10.2. The third-order valence-corrected chi connectivity index (χ3v) is 2.77.